The zero-order chi connectivity index (χ0) is 17.0. The van der Waals surface area contributed by atoms with Crippen molar-refractivity contribution in [1.82, 2.24) is 0 Å². The predicted molar refractivity (Wildman–Crippen MR) is 90.6 cm³/mol. The molecular weight excluding hydrogens is 312 g/mol. The SMILES string of the molecule is Cc1cccc(C)c1OCc1cc(CS(C)(=O)=O)ccc1C=O. The van der Waals surface area contributed by atoms with Crippen molar-refractivity contribution in [2.24, 2.45) is 0 Å². The lowest BCUT2D eigenvalue weighted by Gasteiger charge is -2.14. The Hall–Kier alpha value is -2.14. The van der Waals surface area contributed by atoms with Gasteiger partial charge in [-0.25, -0.2) is 8.42 Å². The van der Waals surface area contributed by atoms with Crippen LogP contribution in [-0.4, -0.2) is 21.0 Å². The van der Waals surface area contributed by atoms with E-state index in [2.05, 4.69) is 0 Å². The van der Waals surface area contributed by atoms with Crippen molar-refractivity contribution in [3.05, 3.63) is 64.2 Å². The van der Waals surface area contributed by atoms with Crippen LogP contribution < -0.4 is 4.74 Å². The summed E-state index contributed by atoms with van der Waals surface area (Å²) in [5, 5.41) is 0. The van der Waals surface area contributed by atoms with Gasteiger partial charge in [0.25, 0.3) is 0 Å². The van der Waals surface area contributed by atoms with E-state index in [9.17, 15) is 13.2 Å². The molecule has 0 amide bonds. The summed E-state index contributed by atoms with van der Waals surface area (Å²) < 4.78 is 28.7. The fourth-order valence-corrected chi connectivity index (χ4v) is 3.25. The maximum absolute atomic E-state index is 11.4. The molecular formula is C18H20O4S. The zero-order valence-corrected chi connectivity index (χ0v) is 14.3. The zero-order valence-electron chi connectivity index (χ0n) is 13.5. The van der Waals surface area contributed by atoms with Gasteiger partial charge in [-0.3, -0.25) is 4.79 Å². The van der Waals surface area contributed by atoms with Crippen LogP contribution in [0.4, 0.5) is 0 Å². The van der Waals surface area contributed by atoms with Gasteiger partial charge in [-0.2, -0.15) is 0 Å². The summed E-state index contributed by atoms with van der Waals surface area (Å²) in [7, 11) is -3.12. The monoisotopic (exact) mass is 332 g/mol. The molecule has 0 saturated heterocycles. The Morgan fingerprint density at radius 1 is 1.09 bits per heavy atom. The van der Waals surface area contributed by atoms with Crippen LogP contribution in [0.15, 0.2) is 36.4 Å². The Bertz CT molecular complexity index is 803. The van der Waals surface area contributed by atoms with Gasteiger partial charge in [0.2, 0.25) is 0 Å². The third kappa shape index (κ3) is 4.66. The summed E-state index contributed by atoms with van der Waals surface area (Å²) in [6.45, 7) is 4.14. The molecule has 2 aromatic carbocycles. The lowest BCUT2D eigenvalue weighted by atomic mass is 10.1. The third-order valence-corrected chi connectivity index (χ3v) is 4.40. The Morgan fingerprint density at radius 2 is 1.74 bits per heavy atom. The van der Waals surface area contributed by atoms with Crippen molar-refractivity contribution in [3.63, 3.8) is 0 Å². The molecule has 0 bridgehead atoms. The van der Waals surface area contributed by atoms with E-state index < -0.39 is 9.84 Å². The third-order valence-electron chi connectivity index (χ3n) is 3.54. The van der Waals surface area contributed by atoms with Crippen LogP contribution in [0.5, 0.6) is 5.75 Å². The number of benzene rings is 2. The molecule has 0 heterocycles. The number of rotatable bonds is 6. The van der Waals surface area contributed by atoms with Crippen LogP contribution in [0.2, 0.25) is 0 Å². The molecule has 2 rings (SSSR count). The molecule has 0 fully saturated rings. The number of para-hydroxylation sites is 1. The number of hydrogen-bond donors (Lipinski definition) is 0. The molecule has 122 valence electrons. The summed E-state index contributed by atoms with van der Waals surface area (Å²) >= 11 is 0. The lowest BCUT2D eigenvalue weighted by Crippen LogP contribution is -2.05. The van der Waals surface area contributed by atoms with Crippen molar-refractivity contribution in [1.29, 1.82) is 0 Å². The maximum Gasteiger partial charge on any atom is 0.151 e. The summed E-state index contributed by atoms with van der Waals surface area (Å²) in [5.74, 6) is 0.737. The largest absolute Gasteiger partial charge is 0.488 e. The Balaban J connectivity index is 2.27. The van der Waals surface area contributed by atoms with E-state index >= 15 is 0 Å². The predicted octanol–water partition coefficient (Wildman–Crippen LogP) is 3.24. The van der Waals surface area contributed by atoms with Gasteiger partial charge >= 0.3 is 0 Å². The van der Waals surface area contributed by atoms with E-state index in [0.717, 1.165) is 23.2 Å². The van der Waals surface area contributed by atoms with Crippen molar-refractivity contribution < 1.29 is 17.9 Å². The standard InChI is InChI=1S/C18H20O4S/c1-13-5-4-6-14(2)18(13)22-11-17-9-15(12-23(3,20)21)7-8-16(17)10-19/h4-10H,11-12H2,1-3H3. The normalized spacial score (nSPS) is 11.3. The van der Waals surface area contributed by atoms with Gasteiger partial charge in [0.05, 0.1) is 5.75 Å². The Labute approximate surface area is 137 Å². The number of carbonyl (C=O) groups is 1. The van der Waals surface area contributed by atoms with E-state index in [1.807, 2.05) is 32.0 Å². The summed E-state index contributed by atoms with van der Waals surface area (Å²) in [4.78, 5) is 11.2. The summed E-state index contributed by atoms with van der Waals surface area (Å²) in [6, 6.07) is 10.9. The van der Waals surface area contributed by atoms with Crippen LogP contribution in [0, 0.1) is 13.8 Å². The van der Waals surface area contributed by atoms with E-state index in [4.69, 9.17) is 4.74 Å². The van der Waals surface area contributed by atoms with Gasteiger partial charge in [0, 0.05) is 17.4 Å². The smallest absolute Gasteiger partial charge is 0.151 e. The molecule has 0 unspecified atom stereocenters. The second-order valence-electron chi connectivity index (χ2n) is 5.73. The van der Waals surface area contributed by atoms with Crippen molar-refractivity contribution in [3.8, 4) is 5.75 Å². The molecule has 0 saturated carbocycles. The van der Waals surface area contributed by atoms with Crippen molar-refractivity contribution in [2.75, 3.05) is 6.26 Å². The molecule has 2 aromatic rings. The first kappa shape index (κ1) is 17.2. The molecule has 0 N–H and O–H groups in total. The lowest BCUT2D eigenvalue weighted by molar-refractivity contribution is 0.112. The summed E-state index contributed by atoms with van der Waals surface area (Å²) in [5.41, 5.74) is 3.88. The molecule has 0 aliphatic heterocycles. The number of aryl methyl sites for hydroxylation is 2. The highest BCUT2D eigenvalue weighted by atomic mass is 32.2. The van der Waals surface area contributed by atoms with E-state index in [0.29, 0.717) is 16.7 Å². The quantitative estimate of drug-likeness (QED) is 0.762. The highest BCUT2D eigenvalue weighted by Gasteiger charge is 2.10. The molecule has 0 spiro atoms. The number of hydrogen-bond acceptors (Lipinski definition) is 4. The van der Waals surface area contributed by atoms with Crippen LogP contribution in [0.3, 0.4) is 0 Å². The topological polar surface area (TPSA) is 60.4 Å². The average molecular weight is 332 g/mol. The fourth-order valence-electron chi connectivity index (χ4n) is 2.47. The molecule has 0 aromatic heterocycles. The molecule has 0 radical (unpaired) electrons. The number of carbonyl (C=O) groups excluding carboxylic acids is 1. The van der Waals surface area contributed by atoms with E-state index in [-0.39, 0.29) is 12.4 Å². The first-order valence-corrected chi connectivity index (χ1v) is 9.30. The maximum atomic E-state index is 11.4. The van der Waals surface area contributed by atoms with Crippen LogP contribution in [0.1, 0.15) is 32.6 Å². The molecule has 4 nitrogen and oxygen atoms in total. The molecule has 23 heavy (non-hydrogen) atoms. The molecule has 0 aliphatic carbocycles. The van der Waals surface area contributed by atoms with Crippen molar-refractivity contribution >= 4 is 16.1 Å². The summed E-state index contributed by atoms with van der Waals surface area (Å²) in [6.07, 6.45) is 1.95. The highest BCUT2D eigenvalue weighted by Crippen LogP contribution is 2.24. The van der Waals surface area contributed by atoms with Crippen molar-refractivity contribution in [2.45, 2.75) is 26.2 Å². The van der Waals surface area contributed by atoms with E-state index in [1.165, 1.54) is 6.26 Å². The first-order chi connectivity index (χ1) is 10.8. The molecule has 0 atom stereocenters. The average Bonchev–Trinajstić information content (AvgIpc) is 2.45. The van der Waals surface area contributed by atoms with Gasteiger partial charge in [0.15, 0.2) is 9.84 Å². The van der Waals surface area contributed by atoms with Gasteiger partial charge in [-0.05, 0) is 30.5 Å². The second kappa shape index (κ2) is 6.96. The first-order valence-electron chi connectivity index (χ1n) is 7.24. The second-order valence-corrected chi connectivity index (χ2v) is 7.87. The van der Waals surface area contributed by atoms with Crippen LogP contribution in [-0.2, 0) is 22.2 Å². The fraction of sp³-hybridized carbons (Fsp3) is 0.278. The van der Waals surface area contributed by atoms with E-state index in [1.54, 1.807) is 18.2 Å². The van der Waals surface area contributed by atoms with Gasteiger partial charge < -0.3 is 4.74 Å². The van der Waals surface area contributed by atoms with Crippen LogP contribution in [0.25, 0.3) is 0 Å². The number of aldehydes is 1. The van der Waals surface area contributed by atoms with Gasteiger partial charge in [-0.15, -0.1) is 0 Å². The number of sulfone groups is 1. The Morgan fingerprint density at radius 3 is 2.30 bits per heavy atom. The Kier molecular flexibility index (Phi) is 5.21. The minimum atomic E-state index is -3.12. The minimum absolute atomic E-state index is 0.0530. The number of ether oxygens (including phenoxy) is 1. The molecule has 5 heteroatoms. The van der Waals surface area contributed by atoms with Crippen LogP contribution >= 0.6 is 0 Å². The minimum Gasteiger partial charge on any atom is -0.488 e. The molecule has 0 aliphatic rings. The highest BCUT2D eigenvalue weighted by molar-refractivity contribution is 7.89. The van der Waals surface area contributed by atoms with Gasteiger partial charge in [0.1, 0.15) is 18.6 Å². The van der Waals surface area contributed by atoms with Gasteiger partial charge in [-0.1, -0.05) is 36.4 Å².